The molecule has 0 aromatic heterocycles. The fraction of sp³-hybridized carbons (Fsp3) is 1.00. The number of hydrogen-bond donors (Lipinski definition) is 1. The third-order valence-electron chi connectivity index (χ3n) is 2.29. The number of likely N-dealkylation sites (N-methyl/N-ethyl adjacent to an activating group) is 1. The maximum Gasteiger partial charge on any atom is 0.250 e. The molecule has 0 amide bonds. The topological polar surface area (TPSA) is 55.4 Å². The van der Waals surface area contributed by atoms with Crippen molar-refractivity contribution in [2.75, 3.05) is 39.1 Å². The fourth-order valence-electron chi connectivity index (χ4n) is 1.52. The third-order valence-corrected chi connectivity index (χ3v) is 3.01. The summed E-state index contributed by atoms with van der Waals surface area (Å²) in [4.78, 5) is 2.65. The van der Waals surface area contributed by atoms with Gasteiger partial charge in [-0.25, -0.2) is 13.0 Å². The van der Waals surface area contributed by atoms with Gasteiger partial charge in [0, 0.05) is 0 Å². The summed E-state index contributed by atoms with van der Waals surface area (Å²) in [5, 5.41) is 0. The molecule has 14 heavy (non-hydrogen) atoms. The van der Waals surface area contributed by atoms with E-state index in [1.807, 2.05) is 6.92 Å². The lowest BCUT2D eigenvalue weighted by molar-refractivity contribution is -0.961. The van der Waals surface area contributed by atoms with Gasteiger partial charge in [-0.2, -0.15) is 0 Å². The molecule has 0 bridgehead atoms. The van der Waals surface area contributed by atoms with E-state index in [-0.39, 0.29) is 12.4 Å². The standard InChI is InChI=1S/C7H17N2O3S.ClH/c1-3-9(8-13(2,10)11)4-6-12-7-5-9;/h8H,3-7H2,1-2H3;1H/q+1;/p-1. The minimum Gasteiger partial charge on any atom is -1.00 e. The van der Waals surface area contributed by atoms with Crippen molar-refractivity contribution < 1.29 is 30.2 Å². The second-order valence-electron chi connectivity index (χ2n) is 3.38. The Morgan fingerprint density at radius 3 is 2.21 bits per heavy atom. The van der Waals surface area contributed by atoms with Crippen LogP contribution < -0.4 is 17.2 Å². The van der Waals surface area contributed by atoms with E-state index in [0.717, 1.165) is 6.54 Å². The van der Waals surface area contributed by atoms with Crippen LogP contribution in [0.2, 0.25) is 0 Å². The van der Waals surface area contributed by atoms with Gasteiger partial charge in [-0.05, 0) is 6.92 Å². The Kier molecular flexibility index (Phi) is 5.32. The van der Waals surface area contributed by atoms with Crippen LogP contribution in [0.25, 0.3) is 0 Å². The van der Waals surface area contributed by atoms with Crippen LogP contribution in [0.1, 0.15) is 6.92 Å². The molecule has 0 unspecified atom stereocenters. The normalized spacial score (nSPS) is 21.3. The minimum absolute atomic E-state index is 0. The van der Waals surface area contributed by atoms with Crippen LogP contribution in [-0.4, -0.2) is 52.1 Å². The smallest absolute Gasteiger partial charge is 0.250 e. The molecule has 0 saturated carbocycles. The molecule has 1 aliphatic rings. The van der Waals surface area contributed by atoms with Crippen LogP contribution in [-0.2, 0) is 14.8 Å². The molecule has 0 atom stereocenters. The summed E-state index contributed by atoms with van der Waals surface area (Å²) in [7, 11) is -3.13. The van der Waals surface area contributed by atoms with E-state index in [9.17, 15) is 8.42 Å². The molecule has 1 heterocycles. The van der Waals surface area contributed by atoms with Crippen molar-refractivity contribution in [2.45, 2.75) is 6.92 Å². The predicted octanol–water partition coefficient (Wildman–Crippen LogP) is -3.68. The van der Waals surface area contributed by atoms with Gasteiger partial charge in [-0.15, -0.1) is 0 Å². The predicted molar refractivity (Wildman–Crippen MR) is 49.3 cm³/mol. The summed E-state index contributed by atoms with van der Waals surface area (Å²) in [6, 6.07) is 0. The number of quaternary nitrogens is 1. The van der Waals surface area contributed by atoms with Crippen molar-refractivity contribution in [1.82, 2.24) is 4.83 Å². The molecule has 7 heteroatoms. The molecule has 86 valence electrons. The molecule has 1 saturated heterocycles. The van der Waals surface area contributed by atoms with Gasteiger partial charge in [0.25, 0.3) is 10.0 Å². The van der Waals surface area contributed by atoms with Gasteiger partial charge in [-0.1, -0.05) is 4.83 Å². The van der Waals surface area contributed by atoms with E-state index in [2.05, 4.69) is 4.83 Å². The monoisotopic (exact) mass is 244 g/mol. The molecule has 0 radical (unpaired) electrons. The Morgan fingerprint density at radius 2 is 1.86 bits per heavy atom. The van der Waals surface area contributed by atoms with E-state index in [1.54, 1.807) is 0 Å². The maximum atomic E-state index is 11.1. The summed E-state index contributed by atoms with van der Waals surface area (Å²) in [5.41, 5.74) is 0. The molecule has 1 rings (SSSR count). The van der Waals surface area contributed by atoms with Crippen LogP contribution in [0.5, 0.6) is 0 Å². The second kappa shape index (κ2) is 5.27. The Morgan fingerprint density at radius 1 is 1.36 bits per heavy atom. The molecule has 0 spiro atoms. The van der Waals surface area contributed by atoms with Crippen molar-refractivity contribution in [2.24, 2.45) is 0 Å². The second-order valence-corrected chi connectivity index (χ2v) is 5.11. The van der Waals surface area contributed by atoms with Crippen LogP contribution in [0.4, 0.5) is 0 Å². The summed E-state index contributed by atoms with van der Waals surface area (Å²) < 4.78 is 27.8. The maximum absolute atomic E-state index is 11.1. The highest BCUT2D eigenvalue weighted by Gasteiger charge is 2.32. The molecular formula is C7H17ClN2O3S. The Labute approximate surface area is 91.4 Å². The Bertz CT molecular complexity index is 262. The zero-order valence-corrected chi connectivity index (χ0v) is 10.1. The van der Waals surface area contributed by atoms with Gasteiger partial charge in [0.05, 0.1) is 26.0 Å². The lowest BCUT2D eigenvalue weighted by Crippen LogP contribution is -3.00. The van der Waals surface area contributed by atoms with Crippen LogP contribution in [0.3, 0.4) is 0 Å². The summed E-state index contributed by atoms with van der Waals surface area (Å²) in [5.74, 6) is 0. The third kappa shape index (κ3) is 4.10. The first-order valence-corrected chi connectivity index (χ1v) is 6.29. The SMILES string of the molecule is CC[N+]1(NS(C)(=O)=O)CCOCC1.[Cl-]. The summed E-state index contributed by atoms with van der Waals surface area (Å²) in [6.45, 7) is 5.40. The summed E-state index contributed by atoms with van der Waals surface area (Å²) >= 11 is 0. The molecule has 0 aromatic rings. The lowest BCUT2D eigenvalue weighted by atomic mass is 10.4. The van der Waals surface area contributed by atoms with Gasteiger partial charge in [-0.3, -0.25) is 0 Å². The zero-order valence-electron chi connectivity index (χ0n) is 8.49. The average Bonchev–Trinajstić information content (AvgIpc) is 2.03. The molecule has 0 aromatic carbocycles. The fourth-order valence-corrected chi connectivity index (χ4v) is 2.53. The highest BCUT2D eigenvalue weighted by Crippen LogP contribution is 2.07. The van der Waals surface area contributed by atoms with Crippen LogP contribution >= 0.6 is 0 Å². The van der Waals surface area contributed by atoms with Gasteiger partial charge >= 0.3 is 0 Å². The first-order chi connectivity index (χ1) is 5.97. The lowest BCUT2D eigenvalue weighted by Gasteiger charge is -2.38. The summed E-state index contributed by atoms with van der Waals surface area (Å²) in [6.07, 6.45) is 1.19. The zero-order chi connectivity index (χ0) is 9.95. The Hall–Kier alpha value is 0.120. The van der Waals surface area contributed by atoms with E-state index >= 15 is 0 Å². The highest BCUT2D eigenvalue weighted by atomic mass is 35.5. The van der Waals surface area contributed by atoms with E-state index in [4.69, 9.17) is 4.74 Å². The quantitative estimate of drug-likeness (QED) is 0.521. The molecule has 0 aliphatic carbocycles. The van der Waals surface area contributed by atoms with Crippen molar-refractivity contribution in [3.05, 3.63) is 0 Å². The van der Waals surface area contributed by atoms with E-state index < -0.39 is 10.0 Å². The molecule has 1 aliphatic heterocycles. The first kappa shape index (κ1) is 14.1. The number of nitrogens with zero attached hydrogens (tertiary/aromatic N) is 1. The van der Waals surface area contributed by atoms with Crippen molar-refractivity contribution in [1.29, 1.82) is 0 Å². The molecule has 1 N–H and O–H groups in total. The number of sulfonamides is 1. The van der Waals surface area contributed by atoms with Gasteiger partial charge in [0.1, 0.15) is 13.1 Å². The number of rotatable bonds is 3. The van der Waals surface area contributed by atoms with E-state index in [1.165, 1.54) is 6.26 Å². The first-order valence-electron chi connectivity index (χ1n) is 4.40. The van der Waals surface area contributed by atoms with Crippen molar-refractivity contribution in [3.8, 4) is 0 Å². The number of ether oxygens (including phenoxy) is 1. The molecular weight excluding hydrogens is 228 g/mol. The van der Waals surface area contributed by atoms with Gasteiger partial charge < -0.3 is 17.1 Å². The van der Waals surface area contributed by atoms with Gasteiger partial charge in [0.15, 0.2) is 0 Å². The van der Waals surface area contributed by atoms with Crippen molar-refractivity contribution >= 4 is 10.0 Å². The number of hydrogen-bond acceptors (Lipinski definition) is 3. The van der Waals surface area contributed by atoms with Crippen LogP contribution in [0.15, 0.2) is 0 Å². The van der Waals surface area contributed by atoms with Crippen LogP contribution in [0, 0.1) is 0 Å². The molecule has 5 nitrogen and oxygen atoms in total. The largest absolute Gasteiger partial charge is 1.00 e. The Balaban J connectivity index is 0.00000169. The number of nitrogens with one attached hydrogen (secondary N) is 1. The minimum atomic E-state index is -3.13. The van der Waals surface area contributed by atoms with Crippen molar-refractivity contribution in [3.63, 3.8) is 0 Å². The average molecular weight is 245 g/mol. The number of halogens is 1. The van der Waals surface area contributed by atoms with Gasteiger partial charge in [0.2, 0.25) is 0 Å². The highest BCUT2D eigenvalue weighted by molar-refractivity contribution is 7.88. The van der Waals surface area contributed by atoms with E-state index in [0.29, 0.717) is 30.9 Å². The number of morpholine rings is 1. The molecule has 1 fully saturated rings.